The van der Waals surface area contributed by atoms with Gasteiger partial charge in [0, 0.05) is 6.04 Å². The number of piperidine rings is 1. The molecule has 2 rings (SSSR count). The maximum absolute atomic E-state index is 3.74. The Bertz CT molecular complexity index is 379. The molecule has 0 aromatic heterocycles. The second-order valence-corrected chi connectivity index (χ2v) is 6.27. The van der Waals surface area contributed by atoms with Gasteiger partial charge >= 0.3 is 0 Å². The van der Waals surface area contributed by atoms with E-state index in [0.29, 0.717) is 6.04 Å². The first kappa shape index (κ1) is 16.5. The first-order chi connectivity index (χ1) is 10.3. The number of benzene rings is 1. The van der Waals surface area contributed by atoms with Gasteiger partial charge in [-0.2, -0.15) is 0 Å². The zero-order valence-electron chi connectivity index (χ0n) is 13.9. The summed E-state index contributed by atoms with van der Waals surface area (Å²) in [6, 6.07) is 9.65. The summed E-state index contributed by atoms with van der Waals surface area (Å²) in [5.41, 5.74) is 2.87. The summed E-state index contributed by atoms with van der Waals surface area (Å²) in [5.74, 6) is 0. The molecule has 1 saturated heterocycles. The van der Waals surface area contributed by atoms with Crippen LogP contribution in [0.4, 0.5) is 0 Å². The Morgan fingerprint density at radius 2 is 1.76 bits per heavy atom. The Morgan fingerprint density at radius 3 is 2.38 bits per heavy atom. The molecule has 1 aromatic carbocycles. The van der Waals surface area contributed by atoms with Gasteiger partial charge in [-0.15, -0.1) is 0 Å². The summed E-state index contributed by atoms with van der Waals surface area (Å²) in [6.07, 6.45) is 7.78. The van der Waals surface area contributed by atoms with Gasteiger partial charge in [0.1, 0.15) is 0 Å². The van der Waals surface area contributed by atoms with E-state index in [1.54, 1.807) is 0 Å². The minimum absolute atomic E-state index is 0.511. The largest absolute Gasteiger partial charge is 0.310 e. The molecule has 1 unspecified atom stereocenters. The number of likely N-dealkylation sites (tertiary alicyclic amines) is 1. The van der Waals surface area contributed by atoms with Gasteiger partial charge in [0.2, 0.25) is 0 Å². The van der Waals surface area contributed by atoms with Crippen LogP contribution in [0, 0.1) is 0 Å². The first-order valence-corrected chi connectivity index (χ1v) is 8.88. The lowest BCUT2D eigenvalue weighted by atomic mass is 10.0. The van der Waals surface area contributed by atoms with Crippen LogP contribution < -0.4 is 5.32 Å². The van der Waals surface area contributed by atoms with Crippen LogP contribution in [0.3, 0.4) is 0 Å². The normalized spacial score (nSPS) is 17.8. The Morgan fingerprint density at radius 1 is 1.05 bits per heavy atom. The fourth-order valence-electron chi connectivity index (χ4n) is 3.25. The first-order valence-electron chi connectivity index (χ1n) is 8.88. The van der Waals surface area contributed by atoms with Gasteiger partial charge in [-0.1, -0.05) is 44.5 Å². The molecule has 0 aliphatic carbocycles. The van der Waals surface area contributed by atoms with Crippen molar-refractivity contribution in [1.82, 2.24) is 10.2 Å². The van der Waals surface area contributed by atoms with Gasteiger partial charge in [0.05, 0.1) is 0 Å². The molecule has 1 heterocycles. The Hall–Kier alpha value is -0.860. The van der Waals surface area contributed by atoms with E-state index < -0.39 is 0 Å². The predicted octanol–water partition coefficient (Wildman–Crippen LogP) is 4.17. The average molecular weight is 288 g/mol. The van der Waals surface area contributed by atoms with Crippen LogP contribution in [0.5, 0.6) is 0 Å². The topological polar surface area (TPSA) is 15.3 Å². The van der Waals surface area contributed by atoms with Crippen molar-refractivity contribution >= 4 is 0 Å². The quantitative estimate of drug-likeness (QED) is 0.722. The summed E-state index contributed by atoms with van der Waals surface area (Å²) < 4.78 is 0. The van der Waals surface area contributed by atoms with Gasteiger partial charge in [-0.25, -0.2) is 0 Å². The van der Waals surface area contributed by atoms with Gasteiger partial charge < -0.3 is 10.2 Å². The highest BCUT2D eigenvalue weighted by molar-refractivity contribution is 5.24. The maximum atomic E-state index is 3.74. The van der Waals surface area contributed by atoms with Crippen LogP contribution in [0.1, 0.15) is 63.1 Å². The Kier molecular flexibility index (Phi) is 7.25. The van der Waals surface area contributed by atoms with Crippen molar-refractivity contribution in [1.29, 1.82) is 0 Å². The van der Waals surface area contributed by atoms with Gasteiger partial charge in [-0.05, 0) is 69.4 Å². The van der Waals surface area contributed by atoms with E-state index >= 15 is 0 Å². The van der Waals surface area contributed by atoms with E-state index in [0.717, 1.165) is 19.4 Å². The number of nitrogens with zero attached hydrogens (tertiary/aromatic N) is 1. The van der Waals surface area contributed by atoms with Crippen LogP contribution in [-0.4, -0.2) is 31.1 Å². The average Bonchev–Trinajstić information content (AvgIpc) is 2.56. The summed E-state index contributed by atoms with van der Waals surface area (Å²) in [6.45, 7) is 9.51. The fourth-order valence-corrected chi connectivity index (χ4v) is 3.25. The molecule has 0 saturated carbocycles. The van der Waals surface area contributed by atoms with E-state index in [4.69, 9.17) is 0 Å². The molecule has 0 bridgehead atoms. The number of aryl methyl sites for hydroxylation is 1. The molecule has 0 amide bonds. The molecule has 1 fully saturated rings. The second kappa shape index (κ2) is 9.22. The summed E-state index contributed by atoms with van der Waals surface area (Å²) in [7, 11) is 0. The zero-order chi connectivity index (χ0) is 14.9. The molecule has 0 spiro atoms. The third-order valence-electron chi connectivity index (χ3n) is 4.69. The number of nitrogens with one attached hydrogen (secondary N) is 1. The number of hydrogen-bond acceptors (Lipinski definition) is 2. The van der Waals surface area contributed by atoms with Gasteiger partial charge in [-0.3, -0.25) is 0 Å². The molecule has 1 aromatic rings. The second-order valence-electron chi connectivity index (χ2n) is 6.27. The molecule has 1 aliphatic heterocycles. The van der Waals surface area contributed by atoms with Crippen molar-refractivity contribution in [2.45, 2.75) is 58.4 Å². The van der Waals surface area contributed by atoms with Crippen molar-refractivity contribution in [3.63, 3.8) is 0 Å². The SMILES string of the molecule is CCc1ccc(C(CC)NCCCN2CCCCC2)cc1. The molecule has 0 radical (unpaired) electrons. The van der Waals surface area contributed by atoms with Crippen molar-refractivity contribution in [2.24, 2.45) is 0 Å². The highest BCUT2D eigenvalue weighted by Gasteiger charge is 2.11. The molecule has 1 aliphatic rings. The van der Waals surface area contributed by atoms with Crippen molar-refractivity contribution < 1.29 is 0 Å². The van der Waals surface area contributed by atoms with E-state index in [9.17, 15) is 0 Å². The van der Waals surface area contributed by atoms with Crippen LogP contribution in [0.2, 0.25) is 0 Å². The highest BCUT2D eigenvalue weighted by atomic mass is 15.1. The summed E-state index contributed by atoms with van der Waals surface area (Å²) in [4.78, 5) is 2.63. The van der Waals surface area contributed by atoms with E-state index in [-0.39, 0.29) is 0 Å². The molecular weight excluding hydrogens is 256 g/mol. The fraction of sp³-hybridized carbons (Fsp3) is 0.684. The maximum Gasteiger partial charge on any atom is 0.0317 e. The van der Waals surface area contributed by atoms with Crippen LogP contribution in [-0.2, 0) is 6.42 Å². The lowest BCUT2D eigenvalue weighted by Gasteiger charge is -2.26. The molecule has 1 atom stereocenters. The Balaban J connectivity index is 1.71. The zero-order valence-corrected chi connectivity index (χ0v) is 13.9. The van der Waals surface area contributed by atoms with E-state index in [2.05, 4.69) is 48.3 Å². The molecule has 118 valence electrons. The molecular formula is C19H32N2. The monoisotopic (exact) mass is 288 g/mol. The Labute approximate surface area is 130 Å². The summed E-state index contributed by atoms with van der Waals surface area (Å²) >= 11 is 0. The molecule has 2 heteroatoms. The highest BCUT2D eigenvalue weighted by Crippen LogP contribution is 2.17. The van der Waals surface area contributed by atoms with E-state index in [1.807, 2.05) is 0 Å². The van der Waals surface area contributed by atoms with E-state index in [1.165, 1.54) is 56.4 Å². The molecule has 21 heavy (non-hydrogen) atoms. The lowest BCUT2D eigenvalue weighted by molar-refractivity contribution is 0.224. The standard InChI is InChI=1S/C19H32N2/c1-3-17-9-11-18(12-10-17)19(4-2)20-13-8-16-21-14-6-5-7-15-21/h9-12,19-20H,3-8,13-16H2,1-2H3. The third kappa shape index (κ3) is 5.44. The smallest absolute Gasteiger partial charge is 0.0317 e. The lowest BCUT2D eigenvalue weighted by Crippen LogP contribution is -2.32. The van der Waals surface area contributed by atoms with Crippen molar-refractivity contribution in [3.05, 3.63) is 35.4 Å². The molecule has 1 N–H and O–H groups in total. The minimum atomic E-state index is 0.511. The van der Waals surface area contributed by atoms with Gasteiger partial charge in [0.25, 0.3) is 0 Å². The molecule has 2 nitrogen and oxygen atoms in total. The van der Waals surface area contributed by atoms with Crippen LogP contribution in [0.25, 0.3) is 0 Å². The van der Waals surface area contributed by atoms with Crippen LogP contribution >= 0.6 is 0 Å². The minimum Gasteiger partial charge on any atom is -0.310 e. The van der Waals surface area contributed by atoms with Crippen LogP contribution in [0.15, 0.2) is 24.3 Å². The number of rotatable bonds is 8. The van der Waals surface area contributed by atoms with Crippen molar-refractivity contribution in [3.8, 4) is 0 Å². The third-order valence-corrected chi connectivity index (χ3v) is 4.69. The number of hydrogen-bond donors (Lipinski definition) is 1. The predicted molar refractivity (Wildman–Crippen MR) is 91.8 cm³/mol. The van der Waals surface area contributed by atoms with Gasteiger partial charge in [0.15, 0.2) is 0 Å². The van der Waals surface area contributed by atoms with Crippen molar-refractivity contribution in [2.75, 3.05) is 26.2 Å². The summed E-state index contributed by atoms with van der Waals surface area (Å²) in [5, 5.41) is 3.74.